The smallest absolute Gasteiger partial charge is 0.261 e. The zero-order chi connectivity index (χ0) is 20.4. The molecule has 0 aliphatic heterocycles. The van der Waals surface area contributed by atoms with E-state index in [1.54, 1.807) is 22.6 Å². The van der Waals surface area contributed by atoms with Crippen LogP contribution in [0.4, 0.5) is 10.8 Å². The Kier molecular flexibility index (Phi) is 5.46. The van der Waals surface area contributed by atoms with Gasteiger partial charge in [-0.25, -0.2) is 9.97 Å². The molecule has 2 heterocycles. The lowest BCUT2D eigenvalue weighted by molar-refractivity contribution is -0.115. The first-order chi connectivity index (χ1) is 14.0. The van der Waals surface area contributed by atoms with E-state index in [2.05, 4.69) is 9.97 Å². The topological polar surface area (TPSA) is 68.1 Å². The Labute approximate surface area is 175 Å². The van der Waals surface area contributed by atoms with Crippen molar-refractivity contribution in [3.63, 3.8) is 0 Å². The second kappa shape index (κ2) is 8.18. The Morgan fingerprint density at radius 3 is 2.59 bits per heavy atom. The highest BCUT2D eigenvalue weighted by Crippen LogP contribution is 2.30. The number of para-hydroxylation sites is 2. The molecule has 4 aromatic rings. The van der Waals surface area contributed by atoms with Crippen molar-refractivity contribution in [2.24, 2.45) is 7.05 Å². The maximum Gasteiger partial charge on any atom is 0.261 e. The van der Waals surface area contributed by atoms with Crippen LogP contribution in [0.5, 0.6) is 0 Å². The number of carbonyl (C=O) groups is 1. The van der Waals surface area contributed by atoms with Crippen LogP contribution >= 0.6 is 23.1 Å². The third-order valence-corrected chi connectivity index (χ3v) is 6.29. The van der Waals surface area contributed by atoms with E-state index in [0.29, 0.717) is 26.9 Å². The Bertz CT molecular complexity index is 1230. The number of hydrogen-bond acceptors (Lipinski definition) is 6. The van der Waals surface area contributed by atoms with E-state index in [-0.39, 0.29) is 11.5 Å². The number of carbonyl (C=O) groups excluding carboxylic acids is 1. The van der Waals surface area contributed by atoms with Crippen LogP contribution in [0.2, 0.25) is 0 Å². The fourth-order valence-electron chi connectivity index (χ4n) is 2.93. The average Bonchev–Trinajstić information content (AvgIpc) is 3.18. The highest BCUT2D eigenvalue weighted by Gasteiger charge is 2.18. The molecule has 0 atom stereocenters. The molecule has 4 rings (SSSR count). The molecule has 0 spiro atoms. The van der Waals surface area contributed by atoms with Crippen LogP contribution < -0.4 is 10.5 Å². The van der Waals surface area contributed by atoms with E-state index in [9.17, 15) is 9.59 Å². The zero-order valence-corrected chi connectivity index (χ0v) is 17.5. The lowest BCUT2D eigenvalue weighted by Crippen LogP contribution is -2.22. The van der Waals surface area contributed by atoms with Crippen molar-refractivity contribution in [3.05, 3.63) is 76.0 Å². The van der Waals surface area contributed by atoms with Gasteiger partial charge in [0.1, 0.15) is 0 Å². The fraction of sp³-hybridized carbons (Fsp3) is 0.143. The summed E-state index contributed by atoms with van der Waals surface area (Å²) in [6, 6.07) is 16.8. The molecule has 0 N–H and O–H groups in total. The van der Waals surface area contributed by atoms with E-state index in [1.165, 1.54) is 30.0 Å². The van der Waals surface area contributed by atoms with Crippen LogP contribution in [-0.2, 0) is 17.6 Å². The normalized spacial score (nSPS) is 11.0. The molecule has 0 bridgehead atoms. The van der Waals surface area contributed by atoms with Crippen molar-refractivity contribution in [2.45, 2.75) is 17.8 Å². The fourth-order valence-corrected chi connectivity index (χ4v) is 4.79. The number of anilines is 2. The molecule has 0 saturated heterocycles. The summed E-state index contributed by atoms with van der Waals surface area (Å²) in [5.41, 5.74) is 2.24. The molecular formula is C21H18N4O2S2. The van der Waals surface area contributed by atoms with Gasteiger partial charge < -0.3 is 0 Å². The van der Waals surface area contributed by atoms with Gasteiger partial charge in [0.15, 0.2) is 10.3 Å². The number of nitrogens with zero attached hydrogens (tertiary/aromatic N) is 4. The number of thioether (sulfide) groups is 1. The number of benzene rings is 2. The summed E-state index contributed by atoms with van der Waals surface area (Å²) in [5.74, 6) is 0.457. The minimum absolute atomic E-state index is 0.0658. The molecule has 0 radical (unpaired) electrons. The molecule has 146 valence electrons. The summed E-state index contributed by atoms with van der Waals surface area (Å²) in [6.45, 7) is 1.53. The first kappa shape index (κ1) is 19.4. The molecule has 1 amide bonds. The first-order valence-electron chi connectivity index (χ1n) is 8.93. The van der Waals surface area contributed by atoms with Gasteiger partial charge in [-0.05, 0) is 24.3 Å². The van der Waals surface area contributed by atoms with Gasteiger partial charge in [0.25, 0.3) is 5.56 Å². The van der Waals surface area contributed by atoms with Crippen molar-refractivity contribution >= 4 is 50.7 Å². The van der Waals surface area contributed by atoms with Crippen molar-refractivity contribution in [3.8, 4) is 0 Å². The van der Waals surface area contributed by atoms with Gasteiger partial charge >= 0.3 is 0 Å². The maximum atomic E-state index is 12.5. The number of amides is 1. The number of rotatable bonds is 5. The van der Waals surface area contributed by atoms with Crippen LogP contribution in [-0.4, -0.2) is 20.4 Å². The predicted molar refractivity (Wildman–Crippen MR) is 118 cm³/mol. The highest BCUT2D eigenvalue weighted by atomic mass is 32.2. The second-order valence-electron chi connectivity index (χ2n) is 6.38. The minimum atomic E-state index is -0.0941. The lowest BCUT2D eigenvalue weighted by Gasteiger charge is -2.17. The number of aromatic nitrogens is 3. The van der Waals surface area contributed by atoms with Gasteiger partial charge in [0.2, 0.25) is 5.91 Å². The quantitative estimate of drug-likeness (QED) is 0.353. The summed E-state index contributed by atoms with van der Waals surface area (Å²) in [5, 5.41) is 3.80. The van der Waals surface area contributed by atoms with Gasteiger partial charge in [-0.1, -0.05) is 42.1 Å². The average molecular weight is 423 g/mol. The van der Waals surface area contributed by atoms with Crippen LogP contribution in [0.3, 0.4) is 0 Å². The van der Waals surface area contributed by atoms with Crippen molar-refractivity contribution in [2.75, 3.05) is 4.90 Å². The first-order valence-corrected chi connectivity index (χ1v) is 10.8. The van der Waals surface area contributed by atoms with Gasteiger partial charge in [-0.3, -0.25) is 19.1 Å². The Hall–Kier alpha value is -2.97. The van der Waals surface area contributed by atoms with Gasteiger partial charge in [-0.15, -0.1) is 11.3 Å². The zero-order valence-electron chi connectivity index (χ0n) is 15.9. The van der Waals surface area contributed by atoms with Crippen molar-refractivity contribution < 1.29 is 4.79 Å². The third kappa shape index (κ3) is 3.94. The van der Waals surface area contributed by atoms with Crippen LogP contribution in [0.15, 0.2) is 69.9 Å². The molecule has 0 aliphatic carbocycles. The molecule has 0 unspecified atom stereocenters. The third-order valence-electron chi connectivity index (χ3n) is 4.35. The highest BCUT2D eigenvalue weighted by molar-refractivity contribution is 7.98. The Morgan fingerprint density at radius 2 is 1.83 bits per heavy atom. The number of fused-ring (bicyclic) bond motifs is 1. The Balaban J connectivity index is 1.57. The van der Waals surface area contributed by atoms with Crippen LogP contribution in [0.25, 0.3) is 10.9 Å². The van der Waals surface area contributed by atoms with Gasteiger partial charge in [-0.2, -0.15) is 0 Å². The summed E-state index contributed by atoms with van der Waals surface area (Å²) in [4.78, 5) is 35.5. The molecule has 2 aromatic carbocycles. The summed E-state index contributed by atoms with van der Waals surface area (Å²) >= 11 is 2.87. The van der Waals surface area contributed by atoms with Crippen LogP contribution in [0.1, 0.15) is 12.6 Å². The maximum absolute atomic E-state index is 12.5. The van der Waals surface area contributed by atoms with E-state index in [0.717, 1.165) is 11.4 Å². The van der Waals surface area contributed by atoms with E-state index >= 15 is 0 Å². The molecule has 8 heteroatoms. The van der Waals surface area contributed by atoms with Gasteiger partial charge in [0, 0.05) is 25.1 Å². The van der Waals surface area contributed by atoms with Crippen LogP contribution in [0, 0.1) is 0 Å². The second-order valence-corrected chi connectivity index (χ2v) is 8.15. The predicted octanol–water partition coefficient (Wildman–Crippen LogP) is 4.37. The summed E-state index contributed by atoms with van der Waals surface area (Å²) in [7, 11) is 1.73. The number of thiazole rings is 1. The molecule has 0 aliphatic rings. The molecule has 0 fully saturated rings. The number of hydrogen-bond donors (Lipinski definition) is 0. The van der Waals surface area contributed by atoms with Gasteiger partial charge in [0.05, 0.1) is 22.3 Å². The van der Waals surface area contributed by atoms with E-state index < -0.39 is 0 Å². The standard InChI is InChI=1S/C21H18N4O2S2/c1-14(26)25(16-8-4-3-5-9-16)21-22-15(13-29-21)12-28-20-23-18-11-7-6-10-17(18)19(27)24(20)2/h3-11,13H,12H2,1-2H3. The lowest BCUT2D eigenvalue weighted by atomic mass is 10.2. The molecule has 0 saturated carbocycles. The molecule has 6 nitrogen and oxygen atoms in total. The molecular weight excluding hydrogens is 404 g/mol. The molecule has 29 heavy (non-hydrogen) atoms. The van der Waals surface area contributed by atoms with Crippen molar-refractivity contribution in [1.29, 1.82) is 0 Å². The van der Waals surface area contributed by atoms with Crippen molar-refractivity contribution in [1.82, 2.24) is 14.5 Å². The summed E-state index contributed by atoms with van der Waals surface area (Å²) in [6.07, 6.45) is 0. The monoisotopic (exact) mass is 422 g/mol. The SMILES string of the molecule is CC(=O)N(c1ccccc1)c1nc(CSc2nc3ccccc3c(=O)n2C)cs1. The van der Waals surface area contributed by atoms with E-state index in [1.807, 2.05) is 53.9 Å². The molecule has 2 aromatic heterocycles. The minimum Gasteiger partial charge on any atom is -0.290 e. The summed E-state index contributed by atoms with van der Waals surface area (Å²) < 4.78 is 1.56. The van der Waals surface area contributed by atoms with E-state index in [4.69, 9.17) is 0 Å². The Morgan fingerprint density at radius 1 is 1.10 bits per heavy atom. The largest absolute Gasteiger partial charge is 0.290 e.